The molecule has 96 valence electrons. The summed E-state index contributed by atoms with van der Waals surface area (Å²) < 4.78 is 4.97. The van der Waals surface area contributed by atoms with Crippen LogP contribution in [0.5, 0.6) is 5.75 Å². The van der Waals surface area contributed by atoms with Crippen LogP contribution in [0.4, 0.5) is 0 Å². The van der Waals surface area contributed by atoms with Gasteiger partial charge in [0.2, 0.25) is 6.54 Å². The third-order valence-corrected chi connectivity index (χ3v) is 2.30. The summed E-state index contributed by atoms with van der Waals surface area (Å²) in [5.74, 6) is -0.484. The van der Waals surface area contributed by atoms with E-state index in [0.29, 0.717) is 11.3 Å². The van der Waals surface area contributed by atoms with Crippen LogP contribution >= 0.6 is 0 Å². The Morgan fingerprint density at radius 1 is 1.44 bits per heavy atom. The monoisotopic (exact) mass is 251 g/mol. The van der Waals surface area contributed by atoms with E-state index in [9.17, 15) is 14.9 Å². The molecule has 1 rings (SSSR count). The molecule has 0 saturated heterocycles. The number of carbonyl (C=O) groups is 1. The Bertz CT molecular complexity index is 464. The van der Waals surface area contributed by atoms with Crippen molar-refractivity contribution < 1.29 is 19.6 Å². The van der Waals surface area contributed by atoms with E-state index in [-0.39, 0.29) is 12.0 Å². The molecule has 0 radical (unpaired) electrons. The lowest BCUT2D eigenvalue weighted by molar-refractivity contribution is -0.479. The van der Waals surface area contributed by atoms with Crippen LogP contribution < -0.4 is 4.74 Å². The van der Waals surface area contributed by atoms with Gasteiger partial charge in [-0.1, -0.05) is 12.1 Å². The summed E-state index contributed by atoms with van der Waals surface area (Å²) >= 11 is 0. The van der Waals surface area contributed by atoms with Gasteiger partial charge < -0.3 is 9.84 Å². The first kappa shape index (κ1) is 13.7. The fourth-order valence-electron chi connectivity index (χ4n) is 1.35. The number of nitro groups is 1. The number of carboxylic acid groups (broad SMARTS) is 1. The number of aliphatic carboxylic acids is 1. The summed E-state index contributed by atoms with van der Waals surface area (Å²) in [6, 6.07) is 6.76. The number of carboxylic acids is 1. The Morgan fingerprint density at radius 2 is 2.06 bits per heavy atom. The molecule has 0 aliphatic rings. The molecule has 1 aromatic rings. The van der Waals surface area contributed by atoms with Crippen molar-refractivity contribution in [3.05, 3.63) is 45.5 Å². The standard InChI is InChI=1S/C12H13NO5/c1-18-11-4-2-9(3-5-11)8-10(12(14)15)6-7-13(16)17/h2-5,8H,6-7H2,1H3,(H,14,15)/b10-8+. The molecule has 1 aromatic carbocycles. The number of nitrogens with zero attached hydrogens (tertiary/aromatic N) is 1. The topological polar surface area (TPSA) is 89.7 Å². The van der Waals surface area contributed by atoms with E-state index >= 15 is 0 Å². The molecule has 6 nitrogen and oxygen atoms in total. The van der Waals surface area contributed by atoms with E-state index in [1.165, 1.54) is 13.2 Å². The minimum absolute atomic E-state index is 0.0110. The number of hydrogen-bond acceptors (Lipinski definition) is 4. The van der Waals surface area contributed by atoms with Crippen LogP contribution in [0.25, 0.3) is 6.08 Å². The van der Waals surface area contributed by atoms with Crippen LogP contribution in [0.1, 0.15) is 12.0 Å². The SMILES string of the molecule is COc1ccc(/C=C(\CC[N+](=O)[O-])C(=O)O)cc1. The second kappa shape index (κ2) is 6.39. The molecule has 6 heteroatoms. The van der Waals surface area contributed by atoms with Crippen LogP contribution in [0, 0.1) is 10.1 Å². The zero-order valence-electron chi connectivity index (χ0n) is 9.83. The second-order valence-corrected chi connectivity index (χ2v) is 3.55. The maximum Gasteiger partial charge on any atom is 0.331 e. The average Bonchev–Trinajstić information content (AvgIpc) is 2.34. The first-order valence-corrected chi connectivity index (χ1v) is 5.22. The lowest BCUT2D eigenvalue weighted by atomic mass is 10.1. The molecule has 0 bridgehead atoms. The van der Waals surface area contributed by atoms with Gasteiger partial charge in [-0.05, 0) is 23.8 Å². The largest absolute Gasteiger partial charge is 0.497 e. The van der Waals surface area contributed by atoms with Gasteiger partial charge in [0.1, 0.15) is 5.75 Å². The third kappa shape index (κ3) is 4.25. The molecule has 0 aromatic heterocycles. The van der Waals surface area contributed by atoms with Crippen LogP contribution in [0.3, 0.4) is 0 Å². The van der Waals surface area contributed by atoms with E-state index in [2.05, 4.69) is 0 Å². The van der Waals surface area contributed by atoms with Crippen molar-refractivity contribution in [2.45, 2.75) is 6.42 Å². The number of hydrogen-bond donors (Lipinski definition) is 1. The highest BCUT2D eigenvalue weighted by molar-refractivity contribution is 5.92. The molecular formula is C12H13NO5. The van der Waals surface area contributed by atoms with Gasteiger partial charge >= 0.3 is 5.97 Å². The van der Waals surface area contributed by atoms with E-state index in [1.807, 2.05) is 0 Å². The highest BCUT2D eigenvalue weighted by Gasteiger charge is 2.10. The Balaban J connectivity index is 2.86. The number of benzene rings is 1. The van der Waals surface area contributed by atoms with Crippen molar-refractivity contribution in [1.82, 2.24) is 0 Å². The van der Waals surface area contributed by atoms with Gasteiger partial charge in [-0.25, -0.2) is 4.79 Å². The number of methoxy groups -OCH3 is 1. The molecule has 0 heterocycles. The van der Waals surface area contributed by atoms with Gasteiger partial charge in [-0.15, -0.1) is 0 Å². The fraction of sp³-hybridized carbons (Fsp3) is 0.250. The smallest absolute Gasteiger partial charge is 0.331 e. The molecule has 0 spiro atoms. The van der Waals surface area contributed by atoms with E-state index < -0.39 is 17.4 Å². The van der Waals surface area contributed by atoms with Crippen molar-refractivity contribution in [2.75, 3.05) is 13.7 Å². The van der Waals surface area contributed by atoms with E-state index in [1.54, 1.807) is 24.3 Å². The Kier molecular flexibility index (Phi) is 4.86. The molecule has 0 saturated carbocycles. The van der Waals surface area contributed by atoms with Crippen molar-refractivity contribution in [3.63, 3.8) is 0 Å². The van der Waals surface area contributed by atoms with Crippen LogP contribution in [0.2, 0.25) is 0 Å². The quantitative estimate of drug-likeness (QED) is 0.473. The summed E-state index contributed by atoms with van der Waals surface area (Å²) in [6.07, 6.45) is 1.32. The molecule has 0 atom stereocenters. The molecular weight excluding hydrogens is 238 g/mol. The molecule has 1 N–H and O–H groups in total. The summed E-state index contributed by atoms with van der Waals surface area (Å²) in [4.78, 5) is 20.6. The fourth-order valence-corrected chi connectivity index (χ4v) is 1.35. The molecule has 0 aliphatic heterocycles. The van der Waals surface area contributed by atoms with Crippen molar-refractivity contribution in [1.29, 1.82) is 0 Å². The van der Waals surface area contributed by atoms with Crippen LogP contribution in [-0.2, 0) is 4.79 Å². The molecule has 0 fully saturated rings. The van der Waals surface area contributed by atoms with Gasteiger partial charge in [-0.2, -0.15) is 0 Å². The van der Waals surface area contributed by atoms with Gasteiger partial charge in [0.25, 0.3) is 0 Å². The van der Waals surface area contributed by atoms with Crippen LogP contribution in [0.15, 0.2) is 29.8 Å². The van der Waals surface area contributed by atoms with Crippen molar-refractivity contribution in [3.8, 4) is 5.75 Å². The predicted molar refractivity (Wildman–Crippen MR) is 65.1 cm³/mol. The Morgan fingerprint density at radius 3 is 2.50 bits per heavy atom. The minimum atomic E-state index is -1.15. The first-order valence-electron chi connectivity index (χ1n) is 5.22. The minimum Gasteiger partial charge on any atom is -0.497 e. The second-order valence-electron chi connectivity index (χ2n) is 3.55. The Hall–Kier alpha value is -2.37. The maximum absolute atomic E-state index is 10.9. The zero-order chi connectivity index (χ0) is 13.5. The summed E-state index contributed by atoms with van der Waals surface area (Å²) in [5.41, 5.74) is 0.674. The van der Waals surface area contributed by atoms with E-state index in [0.717, 1.165) is 0 Å². The van der Waals surface area contributed by atoms with Crippen molar-refractivity contribution in [2.24, 2.45) is 0 Å². The average molecular weight is 251 g/mol. The summed E-state index contributed by atoms with van der Waals surface area (Å²) in [5, 5.41) is 19.2. The van der Waals surface area contributed by atoms with Gasteiger partial charge in [0, 0.05) is 16.9 Å². The van der Waals surface area contributed by atoms with Gasteiger partial charge in [0.05, 0.1) is 7.11 Å². The normalized spacial score (nSPS) is 11.1. The first-order chi connectivity index (χ1) is 8.52. The lowest BCUT2D eigenvalue weighted by Gasteiger charge is -2.02. The Labute approximate surface area is 104 Å². The molecule has 0 amide bonds. The summed E-state index contributed by atoms with van der Waals surface area (Å²) in [6.45, 7) is -0.395. The van der Waals surface area contributed by atoms with Gasteiger partial charge in [-0.3, -0.25) is 10.1 Å². The lowest BCUT2D eigenvalue weighted by Crippen LogP contribution is -2.07. The number of rotatable bonds is 6. The predicted octanol–water partition coefficient (Wildman–Crippen LogP) is 1.83. The molecule has 0 unspecified atom stereocenters. The highest BCUT2D eigenvalue weighted by atomic mass is 16.6. The highest BCUT2D eigenvalue weighted by Crippen LogP contribution is 2.15. The van der Waals surface area contributed by atoms with Crippen molar-refractivity contribution >= 4 is 12.0 Å². The molecule has 18 heavy (non-hydrogen) atoms. The van der Waals surface area contributed by atoms with Gasteiger partial charge in [0.15, 0.2) is 0 Å². The molecule has 0 aliphatic carbocycles. The van der Waals surface area contributed by atoms with Crippen LogP contribution in [-0.4, -0.2) is 29.7 Å². The third-order valence-electron chi connectivity index (χ3n) is 2.30. The number of ether oxygens (including phenoxy) is 1. The maximum atomic E-state index is 10.9. The van der Waals surface area contributed by atoms with E-state index in [4.69, 9.17) is 9.84 Å². The summed E-state index contributed by atoms with van der Waals surface area (Å²) in [7, 11) is 1.53. The zero-order valence-corrected chi connectivity index (χ0v) is 9.83.